The lowest BCUT2D eigenvalue weighted by Crippen LogP contribution is -2.33. The van der Waals surface area contributed by atoms with Crippen molar-refractivity contribution in [3.63, 3.8) is 0 Å². The van der Waals surface area contributed by atoms with Crippen LogP contribution < -0.4 is 0 Å². The van der Waals surface area contributed by atoms with Crippen LogP contribution in [0.3, 0.4) is 0 Å². The predicted molar refractivity (Wildman–Crippen MR) is 210 cm³/mol. The zero-order valence-electron chi connectivity index (χ0n) is 31.2. The molecule has 0 saturated heterocycles. The van der Waals surface area contributed by atoms with Crippen molar-refractivity contribution in [2.24, 2.45) is 0 Å². The van der Waals surface area contributed by atoms with Crippen LogP contribution in [0.1, 0.15) is 0 Å². The Morgan fingerprint density at radius 2 is 0.759 bits per heavy atom. The molecule has 0 unspecified atom stereocenters. The van der Waals surface area contributed by atoms with Crippen molar-refractivity contribution >= 4 is 57.2 Å². The van der Waals surface area contributed by atoms with Crippen LogP contribution in [-0.2, 0) is 42.9 Å². The number of nitrogens with zero attached hydrogens (tertiary/aromatic N) is 4. The highest BCUT2D eigenvalue weighted by Gasteiger charge is 2.08. The fraction of sp³-hybridized carbons (Fsp3) is 0.647. The summed E-state index contributed by atoms with van der Waals surface area (Å²) >= 11 is 1.57. The first-order valence-electron chi connectivity index (χ1n) is 17.2. The van der Waals surface area contributed by atoms with Gasteiger partial charge in [0.15, 0.2) is 0 Å². The number of esters is 4. The van der Waals surface area contributed by atoms with E-state index in [0.29, 0.717) is 50.0 Å². The fourth-order valence-electron chi connectivity index (χ4n) is 3.85. The second-order valence-corrected chi connectivity index (χ2v) is 14.3. The lowest BCUT2D eigenvalue weighted by molar-refractivity contribution is -0.139. The Balaban J connectivity index is 4.45. The fourth-order valence-corrected chi connectivity index (χ4v) is 5.75. The lowest BCUT2D eigenvalue weighted by Gasteiger charge is -2.25. The SMILES string of the molecule is COCCOC(=O)/C=C/N(CCO)CCN(/C=C/C(=O)OCCSSCCOC(=O)/C=C/N(CCO)CCN(/C=C/C(=O)OCCSC)CCO)CCO. The smallest absolute Gasteiger partial charge is 0.332 e. The molecule has 0 heterocycles. The summed E-state index contributed by atoms with van der Waals surface area (Å²) in [6, 6.07) is 0. The highest BCUT2D eigenvalue weighted by atomic mass is 33.1. The highest BCUT2D eigenvalue weighted by Crippen LogP contribution is 2.20. The van der Waals surface area contributed by atoms with E-state index in [9.17, 15) is 39.6 Å². The van der Waals surface area contributed by atoms with Gasteiger partial charge in [-0.3, -0.25) is 0 Å². The van der Waals surface area contributed by atoms with E-state index >= 15 is 0 Å². The summed E-state index contributed by atoms with van der Waals surface area (Å²) in [4.78, 5) is 54.9. The van der Waals surface area contributed by atoms with E-state index in [0.717, 1.165) is 0 Å². The molecule has 0 aromatic carbocycles. The van der Waals surface area contributed by atoms with E-state index < -0.39 is 23.9 Å². The minimum atomic E-state index is -0.551. The van der Waals surface area contributed by atoms with Gasteiger partial charge in [0.05, 0.1) is 33.0 Å². The lowest BCUT2D eigenvalue weighted by atomic mass is 10.4. The van der Waals surface area contributed by atoms with Gasteiger partial charge in [-0.1, -0.05) is 21.6 Å². The summed E-state index contributed by atoms with van der Waals surface area (Å²) in [6.45, 7) is 3.20. The van der Waals surface area contributed by atoms with E-state index in [1.54, 1.807) is 37.6 Å². The maximum atomic E-state index is 12.2. The molecule has 0 aromatic heterocycles. The third-order valence-electron chi connectivity index (χ3n) is 6.55. The first kappa shape index (κ1) is 50.9. The average molecular weight is 827 g/mol. The molecule has 0 bridgehead atoms. The molecule has 0 saturated carbocycles. The molecule has 0 fully saturated rings. The molecule has 17 nitrogen and oxygen atoms in total. The van der Waals surface area contributed by atoms with Crippen molar-refractivity contribution in [2.75, 3.05) is 142 Å². The number of rotatable bonds is 35. The van der Waals surface area contributed by atoms with Gasteiger partial charge in [-0.05, 0) is 6.26 Å². The van der Waals surface area contributed by atoms with Crippen LogP contribution in [0, 0.1) is 0 Å². The molecule has 0 aromatic rings. The number of methoxy groups -OCH3 is 1. The molecule has 0 atom stereocenters. The van der Waals surface area contributed by atoms with Gasteiger partial charge in [0.25, 0.3) is 0 Å². The van der Waals surface area contributed by atoms with Crippen molar-refractivity contribution in [3.05, 3.63) is 49.1 Å². The van der Waals surface area contributed by atoms with E-state index in [4.69, 9.17) is 23.7 Å². The van der Waals surface area contributed by atoms with Gasteiger partial charge >= 0.3 is 23.9 Å². The van der Waals surface area contributed by atoms with E-state index in [1.807, 2.05) is 6.26 Å². The second kappa shape index (κ2) is 36.8. The van der Waals surface area contributed by atoms with Gasteiger partial charge in [-0.15, -0.1) is 0 Å². The number of carbonyl (C=O) groups excluding carboxylic acids is 4. The normalized spacial score (nSPS) is 11.4. The molecule has 0 radical (unpaired) electrons. The molecule has 0 aliphatic carbocycles. The Labute approximate surface area is 330 Å². The van der Waals surface area contributed by atoms with Gasteiger partial charge < -0.3 is 63.7 Å². The summed E-state index contributed by atoms with van der Waals surface area (Å²) in [7, 11) is 4.41. The number of ether oxygens (including phenoxy) is 5. The Morgan fingerprint density at radius 3 is 1.04 bits per heavy atom. The third-order valence-corrected chi connectivity index (χ3v) is 9.46. The van der Waals surface area contributed by atoms with E-state index in [-0.39, 0.29) is 79.0 Å². The topological polar surface area (TPSA) is 208 Å². The summed E-state index contributed by atoms with van der Waals surface area (Å²) in [5.41, 5.74) is 0. The predicted octanol–water partition coefficient (Wildman–Crippen LogP) is -0.218. The first-order valence-corrected chi connectivity index (χ1v) is 21.1. The molecule has 310 valence electrons. The minimum Gasteiger partial charge on any atom is -0.462 e. The zero-order valence-corrected chi connectivity index (χ0v) is 33.7. The molecule has 0 aliphatic heterocycles. The maximum absolute atomic E-state index is 12.2. The van der Waals surface area contributed by atoms with Gasteiger partial charge in [0.2, 0.25) is 0 Å². The monoisotopic (exact) mass is 826 g/mol. The van der Waals surface area contributed by atoms with Crippen molar-refractivity contribution in [3.8, 4) is 0 Å². The molecule has 4 N–H and O–H groups in total. The second-order valence-electron chi connectivity index (χ2n) is 10.6. The zero-order chi connectivity index (χ0) is 40.1. The third kappa shape index (κ3) is 31.3. The molecule has 0 amide bonds. The molecule has 0 spiro atoms. The van der Waals surface area contributed by atoms with Crippen LogP contribution in [0.15, 0.2) is 49.1 Å². The first-order chi connectivity index (χ1) is 26.2. The van der Waals surface area contributed by atoms with Crippen molar-refractivity contribution in [1.29, 1.82) is 0 Å². The quantitative estimate of drug-likeness (QED) is 0.0214. The molecule has 0 aliphatic rings. The number of thioether (sulfide) groups is 1. The van der Waals surface area contributed by atoms with Gasteiger partial charge in [-0.25, -0.2) is 19.2 Å². The van der Waals surface area contributed by atoms with Crippen LogP contribution in [0.5, 0.6) is 0 Å². The van der Waals surface area contributed by atoms with Crippen molar-refractivity contribution in [1.82, 2.24) is 19.6 Å². The number of hydrogen-bond donors (Lipinski definition) is 4. The summed E-state index contributed by atoms with van der Waals surface area (Å²) < 4.78 is 25.3. The van der Waals surface area contributed by atoms with E-state index in [2.05, 4.69) is 0 Å². The number of carbonyl (C=O) groups is 4. The minimum absolute atomic E-state index is 0.120. The molecular weight excluding hydrogens is 769 g/mol. The van der Waals surface area contributed by atoms with Crippen LogP contribution >= 0.6 is 33.3 Å². The number of hydrogen-bond acceptors (Lipinski definition) is 20. The van der Waals surface area contributed by atoms with Crippen LogP contribution in [0.25, 0.3) is 0 Å². The molecular formula is C34H58N4O13S3. The molecule has 54 heavy (non-hydrogen) atoms. The highest BCUT2D eigenvalue weighted by molar-refractivity contribution is 8.76. The maximum Gasteiger partial charge on any atom is 0.332 e. The van der Waals surface area contributed by atoms with Crippen LogP contribution in [-0.4, -0.2) is 206 Å². The van der Waals surface area contributed by atoms with E-state index in [1.165, 1.54) is 71.6 Å². The largest absolute Gasteiger partial charge is 0.462 e. The summed E-state index contributed by atoms with van der Waals surface area (Å²) in [5, 5.41) is 37.5. The van der Waals surface area contributed by atoms with Crippen molar-refractivity contribution in [2.45, 2.75) is 0 Å². The van der Waals surface area contributed by atoms with Gasteiger partial charge in [0, 0.05) is 126 Å². The number of aliphatic hydroxyl groups is 4. The Bertz CT molecular complexity index is 1030. The Morgan fingerprint density at radius 1 is 0.463 bits per heavy atom. The Hall–Kier alpha value is -3.11. The standard InChI is InChI=1S/C34H58N4O13S3/c1-47-23-24-48-31(43)3-7-35(15-19-39)11-12-37(17-21-41)9-5-33(45)50-26-29-53-54-30-27-51-34(46)6-10-38(18-22-42)14-13-36(16-20-40)8-4-32(44)49-25-28-52-2/h3-10,39-42H,11-30H2,1-2H3/b7-3+,8-4+,9-5+,10-6+. The summed E-state index contributed by atoms with van der Waals surface area (Å²) in [5.74, 6) is -0.398. The summed E-state index contributed by atoms with van der Waals surface area (Å²) in [6.07, 6.45) is 13.1. The molecule has 0 rings (SSSR count). The van der Waals surface area contributed by atoms with Crippen molar-refractivity contribution < 1.29 is 63.3 Å². The number of aliphatic hydroxyl groups excluding tert-OH is 4. The average Bonchev–Trinajstić information content (AvgIpc) is 3.15. The van der Waals surface area contributed by atoms with Gasteiger partial charge in [-0.2, -0.15) is 11.8 Å². The van der Waals surface area contributed by atoms with Crippen LogP contribution in [0.4, 0.5) is 0 Å². The van der Waals surface area contributed by atoms with Gasteiger partial charge in [0.1, 0.15) is 26.4 Å². The van der Waals surface area contributed by atoms with Crippen LogP contribution in [0.2, 0.25) is 0 Å². The molecule has 20 heteroatoms. The Kier molecular flexibility index (Phi) is 34.7.